The Hall–Kier alpha value is -1.51. The Balaban J connectivity index is 1.98. The van der Waals surface area contributed by atoms with Crippen LogP contribution >= 0.6 is 0 Å². The third kappa shape index (κ3) is 0.922. The van der Waals surface area contributed by atoms with Crippen molar-refractivity contribution in [3.05, 3.63) is 42.0 Å². The van der Waals surface area contributed by atoms with Gasteiger partial charge in [0.05, 0.1) is 0 Å². The second-order valence-electron chi connectivity index (χ2n) is 6.33. The predicted molar refractivity (Wildman–Crippen MR) is 69.6 cm³/mol. The second-order valence-corrected chi connectivity index (χ2v) is 6.33. The Labute approximate surface area is 107 Å². The van der Waals surface area contributed by atoms with Crippen molar-refractivity contribution >= 4 is 5.69 Å². The van der Waals surface area contributed by atoms with E-state index in [4.69, 9.17) is 0 Å². The number of hydrogen-bond donors (Lipinski definition) is 0. The summed E-state index contributed by atoms with van der Waals surface area (Å²) in [5, 5.41) is 0. The van der Waals surface area contributed by atoms with Gasteiger partial charge in [-0.1, -0.05) is 13.8 Å². The minimum atomic E-state index is -0.126. The first-order valence-corrected chi connectivity index (χ1v) is 6.46. The van der Waals surface area contributed by atoms with E-state index in [2.05, 4.69) is 43.1 Å². The summed E-state index contributed by atoms with van der Waals surface area (Å²) in [6, 6.07) is 5.21. The molecule has 94 valence electrons. The number of anilines is 1. The van der Waals surface area contributed by atoms with Gasteiger partial charge in [-0.15, -0.1) is 0 Å². The van der Waals surface area contributed by atoms with Crippen LogP contribution in [-0.2, 0) is 5.41 Å². The first kappa shape index (κ1) is 10.4. The van der Waals surface area contributed by atoms with Gasteiger partial charge < -0.3 is 9.80 Å². The maximum atomic E-state index is 13.6. The average Bonchev–Trinajstić information content (AvgIpc) is 2.69. The average molecular weight is 244 g/mol. The Kier molecular flexibility index (Phi) is 1.58. The van der Waals surface area contributed by atoms with E-state index in [0.717, 1.165) is 6.42 Å². The van der Waals surface area contributed by atoms with Gasteiger partial charge in [0, 0.05) is 36.0 Å². The molecule has 0 radical (unpaired) electrons. The zero-order valence-electron chi connectivity index (χ0n) is 10.9. The van der Waals surface area contributed by atoms with E-state index >= 15 is 0 Å². The molecule has 0 amide bonds. The molecule has 4 rings (SSSR count). The minimum absolute atomic E-state index is 0.117. The van der Waals surface area contributed by atoms with Crippen LogP contribution in [0.4, 0.5) is 10.1 Å². The highest BCUT2D eigenvalue weighted by atomic mass is 19.1. The molecule has 1 fully saturated rings. The van der Waals surface area contributed by atoms with E-state index in [1.165, 1.54) is 11.3 Å². The summed E-state index contributed by atoms with van der Waals surface area (Å²) in [4.78, 5) is 4.57. The van der Waals surface area contributed by atoms with Crippen molar-refractivity contribution in [2.45, 2.75) is 31.8 Å². The van der Waals surface area contributed by atoms with Crippen molar-refractivity contribution in [2.24, 2.45) is 5.41 Å². The predicted octanol–water partition coefficient (Wildman–Crippen LogP) is 3.06. The van der Waals surface area contributed by atoms with Crippen LogP contribution in [0, 0.1) is 11.2 Å². The molecule has 0 spiro atoms. The Morgan fingerprint density at radius 1 is 1.28 bits per heavy atom. The van der Waals surface area contributed by atoms with E-state index in [-0.39, 0.29) is 16.6 Å². The summed E-state index contributed by atoms with van der Waals surface area (Å²) in [7, 11) is 2.12. The van der Waals surface area contributed by atoms with Gasteiger partial charge in [-0.3, -0.25) is 0 Å². The molecule has 18 heavy (non-hydrogen) atoms. The molecular formula is C15H17FN2. The zero-order chi connectivity index (χ0) is 12.7. The number of hydrogen-bond acceptors (Lipinski definition) is 2. The topological polar surface area (TPSA) is 6.48 Å². The van der Waals surface area contributed by atoms with E-state index in [9.17, 15) is 4.39 Å². The largest absolute Gasteiger partial charge is 0.358 e. The molecule has 1 aromatic carbocycles. The number of halogens is 1. The first-order valence-electron chi connectivity index (χ1n) is 6.46. The highest BCUT2D eigenvalue weighted by molar-refractivity contribution is 5.67. The van der Waals surface area contributed by atoms with Crippen molar-refractivity contribution in [3.8, 4) is 0 Å². The Bertz CT molecular complexity index is 582. The molecule has 3 atom stereocenters. The summed E-state index contributed by atoms with van der Waals surface area (Å²) in [5.74, 6) is -0.126. The fourth-order valence-corrected chi connectivity index (χ4v) is 4.15. The highest BCUT2D eigenvalue weighted by Crippen LogP contribution is 2.72. The van der Waals surface area contributed by atoms with Crippen molar-refractivity contribution in [1.29, 1.82) is 0 Å². The van der Waals surface area contributed by atoms with Gasteiger partial charge in [-0.05, 0) is 30.2 Å². The SMILES string of the molecule is CN1C=CN2c3ccc(F)cc3C3(C)CC3(C)C12. The Morgan fingerprint density at radius 3 is 2.83 bits per heavy atom. The van der Waals surface area contributed by atoms with Crippen LogP contribution in [-0.4, -0.2) is 18.1 Å². The van der Waals surface area contributed by atoms with E-state index in [0.29, 0.717) is 6.17 Å². The molecule has 0 bridgehead atoms. The summed E-state index contributed by atoms with van der Waals surface area (Å²) in [6.45, 7) is 4.59. The molecule has 1 aromatic rings. The van der Waals surface area contributed by atoms with Gasteiger partial charge in [0.2, 0.25) is 0 Å². The summed E-state index contributed by atoms with van der Waals surface area (Å²) in [6.07, 6.45) is 5.74. The molecule has 0 saturated heterocycles. The van der Waals surface area contributed by atoms with Gasteiger partial charge in [0.15, 0.2) is 0 Å². The van der Waals surface area contributed by atoms with Crippen molar-refractivity contribution in [1.82, 2.24) is 4.90 Å². The standard InChI is InChI=1S/C15H17FN2/c1-14-9-15(14,2)13-17(3)6-7-18(13)12-5-4-10(16)8-11(12)14/h4-8,13H,9H2,1-3H3. The zero-order valence-corrected chi connectivity index (χ0v) is 10.9. The van der Waals surface area contributed by atoms with Crippen LogP contribution in [0.2, 0.25) is 0 Å². The fourth-order valence-electron chi connectivity index (χ4n) is 4.15. The normalized spacial score (nSPS) is 39.4. The van der Waals surface area contributed by atoms with Gasteiger partial charge in [-0.2, -0.15) is 0 Å². The van der Waals surface area contributed by atoms with Crippen LogP contribution in [0.5, 0.6) is 0 Å². The van der Waals surface area contributed by atoms with E-state index < -0.39 is 0 Å². The molecule has 3 aliphatic rings. The lowest BCUT2D eigenvalue weighted by Crippen LogP contribution is -2.49. The van der Waals surface area contributed by atoms with Crippen molar-refractivity contribution < 1.29 is 4.39 Å². The highest BCUT2D eigenvalue weighted by Gasteiger charge is 2.71. The van der Waals surface area contributed by atoms with Crippen molar-refractivity contribution in [3.63, 3.8) is 0 Å². The lowest BCUT2D eigenvalue weighted by atomic mass is 9.81. The van der Waals surface area contributed by atoms with E-state index in [1.54, 1.807) is 12.1 Å². The van der Waals surface area contributed by atoms with Crippen LogP contribution in [0.1, 0.15) is 25.8 Å². The minimum Gasteiger partial charge on any atom is -0.358 e. The van der Waals surface area contributed by atoms with Crippen LogP contribution in [0.25, 0.3) is 0 Å². The lowest BCUT2D eigenvalue weighted by molar-refractivity contribution is 0.219. The molecule has 1 aliphatic carbocycles. The van der Waals surface area contributed by atoms with Crippen LogP contribution in [0.3, 0.4) is 0 Å². The third-order valence-corrected chi connectivity index (χ3v) is 5.37. The van der Waals surface area contributed by atoms with Gasteiger partial charge in [0.25, 0.3) is 0 Å². The van der Waals surface area contributed by atoms with Crippen LogP contribution < -0.4 is 4.90 Å². The summed E-state index contributed by atoms with van der Waals surface area (Å²) < 4.78 is 13.6. The van der Waals surface area contributed by atoms with Crippen LogP contribution in [0.15, 0.2) is 30.6 Å². The summed E-state index contributed by atoms with van der Waals surface area (Å²) >= 11 is 0. The number of benzene rings is 1. The molecule has 2 nitrogen and oxygen atoms in total. The number of fused-ring (bicyclic) bond motifs is 6. The lowest BCUT2D eigenvalue weighted by Gasteiger charge is -2.43. The molecule has 0 N–H and O–H groups in total. The number of rotatable bonds is 0. The molecule has 1 saturated carbocycles. The van der Waals surface area contributed by atoms with Crippen molar-refractivity contribution in [2.75, 3.05) is 11.9 Å². The van der Waals surface area contributed by atoms with Gasteiger partial charge in [-0.25, -0.2) is 4.39 Å². The second kappa shape index (κ2) is 2.73. The Morgan fingerprint density at radius 2 is 2.06 bits per heavy atom. The van der Waals surface area contributed by atoms with E-state index in [1.807, 2.05) is 6.07 Å². The quantitative estimate of drug-likeness (QED) is 0.692. The maximum Gasteiger partial charge on any atom is 0.123 e. The summed E-state index contributed by atoms with van der Waals surface area (Å²) in [5.41, 5.74) is 2.67. The monoisotopic (exact) mass is 244 g/mol. The molecule has 3 unspecified atom stereocenters. The maximum absolute atomic E-state index is 13.6. The molecule has 2 heterocycles. The molecule has 0 aromatic heterocycles. The molecule has 3 heteroatoms. The number of nitrogens with zero attached hydrogens (tertiary/aromatic N) is 2. The smallest absolute Gasteiger partial charge is 0.123 e. The third-order valence-electron chi connectivity index (χ3n) is 5.37. The molecular weight excluding hydrogens is 227 g/mol. The first-order chi connectivity index (χ1) is 8.47. The van der Waals surface area contributed by atoms with Gasteiger partial charge in [0.1, 0.15) is 12.0 Å². The van der Waals surface area contributed by atoms with Gasteiger partial charge >= 0.3 is 0 Å². The molecule has 2 aliphatic heterocycles. The fraction of sp³-hybridized carbons (Fsp3) is 0.467.